The van der Waals surface area contributed by atoms with Crippen LogP contribution < -0.4 is 14.9 Å². The van der Waals surface area contributed by atoms with Gasteiger partial charge in [-0.1, -0.05) is 78.3 Å². The predicted molar refractivity (Wildman–Crippen MR) is 135 cm³/mol. The fourth-order valence-electron chi connectivity index (χ4n) is 3.17. The molecule has 0 unspecified atom stereocenters. The van der Waals surface area contributed by atoms with Crippen LogP contribution in [0.1, 0.15) is 27.0 Å². The van der Waals surface area contributed by atoms with Gasteiger partial charge in [0.15, 0.2) is 0 Å². The van der Waals surface area contributed by atoms with E-state index in [0.717, 1.165) is 22.4 Å². The van der Waals surface area contributed by atoms with Crippen molar-refractivity contribution >= 4 is 23.7 Å². The molecule has 0 bridgehead atoms. The van der Waals surface area contributed by atoms with Crippen molar-refractivity contribution in [3.8, 4) is 11.5 Å². The van der Waals surface area contributed by atoms with E-state index in [4.69, 9.17) is 21.1 Å². The van der Waals surface area contributed by atoms with Crippen molar-refractivity contribution in [1.82, 2.24) is 5.43 Å². The molecule has 0 atom stereocenters. The van der Waals surface area contributed by atoms with Crippen LogP contribution in [0.5, 0.6) is 11.5 Å². The minimum Gasteiger partial charge on any atom is -0.489 e. The molecule has 34 heavy (non-hydrogen) atoms. The van der Waals surface area contributed by atoms with Crippen molar-refractivity contribution in [2.24, 2.45) is 5.10 Å². The van der Waals surface area contributed by atoms with Crippen molar-refractivity contribution in [3.63, 3.8) is 0 Å². The van der Waals surface area contributed by atoms with Gasteiger partial charge in [-0.3, -0.25) is 4.79 Å². The molecule has 0 saturated heterocycles. The maximum atomic E-state index is 12.7. The summed E-state index contributed by atoms with van der Waals surface area (Å²) in [5, 5.41) is 4.76. The Bertz CT molecular complexity index is 1260. The molecular weight excluding hydrogens is 448 g/mol. The third-order valence-electron chi connectivity index (χ3n) is 4.93. The van der Waals surface area contributed by atoms with Crippen molar-refractivity contribution in [1.29, 1.82) is 0 Å². The predicted octanol–water partition coefficient (Wildman–Crippen LogP) is 6.26. The number of benzene rings is 4. The molecule has 0 aromatic heterocycles. The molecule has 0 spiro atoms. The van der Waals surface area contributed by atoms with Crippen molar-refractivity contribution in [3.05, 3.63) is 130 Å². The van der Waals surface area contributed by atoms with Crippen LogP contribution in [-0.2, 0) is 13.2 Å². The maximum absolute atomic E-state index is 12.7. The van der Waals surface area contributed by atoms with E-state index in [1.165, 1.54) is 0 Å². The molecule has 0 saturated carbocycles. The number of halogens is 1. The third kappa shape index (κ3) is 6.70. The van der Waals surface area contributed by atoms with Crippen LogP contribution in [0.15, 0.2) is 108 Å². The minimum absolute atomic E-state index is 0.320. The fraction of sp³-hybridized carbons (Fsp3) is 0.0714. The Morgan fingerprint density at radius 3 is 2.32 bits per heavy atom. The van der Waals surface area contributed by atoms with Crippen molar-refractivity contribution in [2.45, 2.75) is 13.2 Å². The Morgan fingerprint density at radius 1 is 0.794 bits per heavy atom. The van der Waals surface area contributed by atoms with Gasteiger partial charge in [-0.15, -0.1) is 0 Å². The topological polar surface area (TPSA) is 59.9 Å². The molecular formula is C28H23ClN2O3. The zero-order valence-corrected chi connectivity index (χ0v) is 19.1. The van der Waals surface area contributed by atoms with Crippen LogP contribution in [0.3, 0.4) is 0 Å². The molecule has 0 aliphatic rings. The van der Waals surface area contributed by atoms with Crippen LogP contribution in [0, 0.1) is 0 Å². The van der Waals surface area contributed by atoms with Gasteiger partial charge in [-0.05, 0) is 53.1 Å². The van der Waals surface area contributed by atoms with Crippen molar-refractivity contribution in [2.75, 3.05) is 0 Å². The number of hydrogen-bond acceptors (Lipinski definition) is 4. The van der Waals surface area contributed by atoms with Crippen molar-refractivity contribution < 1.29 is 14.3 Å². The summed E-state index contributed by atoms with van der Waals surface area (Å²) in [5.74, 6) is 0.834. The summed E-state index contributed by atoms with van der Waals surface area (Å²) in [6, 6.07) is 31.9. The van der Waals surface area contributed by atoms with Crippen LogP contribution >= 0.6 is 11.6 Å². The second kappa shape index (κ2) is 11.7. The van der Waals surface area contributed by atoms with E-state index in [0.29, 0.717) is 29.5 Å². The number of nitrogens with one attached hydrogen (secondary N) is 1. The Kier molecular flexibility index (Phi) is 7.93. The summed E-state index contributed by atoms with van der Waals surface area (Å²) in [4.78, 5) is 12.7. The number of hydrogen-bond donors (Lipinski definition) is 1. The van der Waals surface area contributed by atoms with Gasteiger partial charge in [0.2, 0.25) is 0 Å². The lowest BCUT2D eigenvalue weighted by Crippen LogP contribution is -2.18. The van der Waals surface area contributed by atoms with Gasteiger partial charge in [-0.2, -0.15) is 5.10 Å². The summed E-state index contributed by atoms with van der Waals surface area (Å²) in [5.41, 5.74) is 5.80. The fourth-order valence-corrected chi connectivity index (χ4v) is 3.30. The van der Waals surface area contributed by atoms with Gasteiger partial charge in [0.25, 0.3) is 5.91 Å². The first-order chi connectivity index (χ1) is 16.7. The lowest BCUT2D eigenvalue weighted by atomic mass is 10.2. The maximum Gasteiger partial charge on any atom is 0.275 e. The average Bonchev–Trinajstić information content (AvgIpc) is 2.88. The molecule has 0 radical (unpaired) electrons. The van der Waals surface area contributed by atoms with Crippen LogP contribution in [0.25, 0.3) is 0 Å². The number of carbonyl (C=O) groups excluding carboxylic acids is 1. The number of ether oxygens (including phenoxy) is 2. The smallest absolute Gasteiger partial charge is 0.275 e. The minimum atomic E-state index is -0.362. The van der Waals surface area contributed by atoms with Crippen LogP contribution in [0.2, 0.25) is 5.02 Å². The Morgan fingerprint density at radius 2 is 1.50 bits per heavy atom. The molecule has 6 heteroatoms. The normalized spacial score (nSPS) is 10.7. The molecule has 1 amide bonds. The summed E-state index contributed by atoms with van der Waals surface area (Å²) in [6.45, 7) is 0.797. The second-order valence-electron chi connectivity index (χ2n) is 7.46. The number of hydrazone groups is 1. The zero-order valence-electron chi connectivity index (χ0n) is 18.4. The number of carbonyl (C=O) groups is 1. The standard InChI is InChI=1S/C28H23ClN2O3/c29-24-15-13-22(14-16-24)20-34-27-12-5-4-11-26(27)28(32)31-30-18-23-9-6-10-25(17-23)33-19-21-7-2-1-3-8-21/h1-18H,19-20H2,(H,31,32). The van der Waals surface area contributed by atoms with Gasteiger partial charge in [0, 0.05) is 5.02 Å². The summed E-state index contributed by atoms with van der Waals surface area (Å²) in [7, 11) is 0. The SMILES string of the molecule is O=C(NN=Cc1cccc(OCc2ccccc2)c1)c1ccccc1OCc1ccc(Cl)cc1. The molecule has 170 valence electrons. The highest BCUT2D eigenvalue weighted by Crippen LogP contribution is 2.20. The molecule has 0 aliphatic heterocycles. The van der Waals surface area contributed by atoms with E-state index in [-0.39, 0.29) is 5.91 Å². The van der Waals surface area contributed by atoms with E-state index < -0.39 is 0 Å². The molecule has 4 aromatic carbocycles. The lowest BCUT2D eigenvalue weighted by Gasteiger charge is -2.10. The first kappa shape index (κ1) is 23.1. The Labute approximate surface area is 203 Å². The van der Waals surface area contributed by atoms with Gasteiger partial charge in [-0.25, -0.2) is 5.43 Å². The largest absolute Gasteiger partial charge is 0.489 e. The Hall–Kier alpha value is -4.09. The highest BCUT2D eigenvalue weighted by atomic mass is 35.5. The third-order valence-corrected chi connectivity index (χ3v) is 5.18. The van der Waals surface area contributed by atoms with E-state index in [2.05, 4.69) is 10.5 Å². The lowest BCUT2D eigenvalue weighted by molar-refractivity contribution is 0.0950. The second-order valence-corrected chi connectivity index (χ2v) is 7.89. The number of nitrogens with zero attached hydrogens (tertiary/aromatic N) is 1. The summed E-state index contributed by atoms with van der Waals surface area (Å²) >= 11 is 5.92. The average molecular weight is 471 g/mol. The van der Waals surface area contributed by atoms with E-state index in [1.807, 2.05) is 72.8 Å². The number of rotatable bonds is 9. The molecule has 5 nitrogen and oxygen atoms in total. The first-order valence-corrected chi connectivity index (χ1v) is 11.1. The summed E-state index contributed by atoms with van der Waals surface area (Å²) < 4.78 is 11.7. The van der Waals surface area contributed by atoms with E-state index >= 15 is 0 Å². The Balaban J connectivity index is 1.34. The summed E-state index contributed by atoms with van der Waals surface area (Å²) in [6.07, 6.45) is 1.57. The molecule has 0 aliphatic carbocycles. The van der Waals surface area contributed by atoms with Crippen LogP contribution in [-0.4, -0.2) is 12.1 Å². The highest BCUT2D eigenvalue weighted by Gasteiger charge is 2.11. The monoisotopic (exact) mass is 470 g/mol. The highest BCUT2D eigenvalue weighted by molar-refractivity contribution is 6.30. The first-order valence-electron chi connectivity index (χ1n) is 10.7. The van der Waals surface area contributed by atoms with Gasteiger partial charge < -0.3 is 9.47 Å². The quantitative estimate of drug-likeness (QED) is 0.232. The zero-order chi connectivity index (χ0) is 23.6. The van der Waals surface area contributed by atoms with Gasteiger partial charge in [0.05, 0.1) is 11.8 Å². The molecule has 4 rings (SSSR count). The van der Waals surface area contributed by atoms with E-state index in [9.17, 15) is 4.79 Å². The van der Waals surface area contributed by atoms with Crippen LogP contribution in [0.4, 0.5) is 0 Å². The molecule has 0 fully saturated rings. The number of amides is 1. The molecule has 0 heterocycles. The van der Waals surface area contributed by atoms with Gasteiger partial charge in [0.1, 0.15) is 24.7 Å². The molecule has 4 aromatic rings. The van der Waals surface area contributed by atoms with Gasteiger partial charge >= 0.3 is 0 Å². The van der Waals surface area contributed by atoms with E-state index in [1.54, 1.807) is 36.5 Å². The number of para-hydroxylation sites is 1. The molecule has 1 N–H and O–H groups in total.